The lowest BCUT2D eigenvalue weighted by Crippen LogP contribution is -2.48. The van der Waals surface area contributed by atoms with E-state index in [0.29, 0.717) is 86.6 Å². The van der Waals surface area contributed by atoms with Crippen LogP contribution in [0.1, 0.15) is 55.4 Å². The van der Waals surface area contributed by atoms with Crippen molar-refractivity contribution in [2.45, 2.75) is 67.5 Å². The Morgan fingerprint density at radius 2 is 0.902 bits per heavy atom. The molecule has 6 aromatic heterocycles. The highest BCUT2D eigenvalue weighted by molar-refractivity contribution is 9.10. The molecule has 0 aliphatic carbocycles. The molecule has 0 saturated carbocycles. The van der Waals surface area contributed by atoms with Crippen molar-refractivity contribution in [3.63, 3.8) is 0 Å². The van der Waals surface area contributed by atoms with E-state index in [4.69, 9.17) is 26.8 Å². The molecule has 4 amide bonds. The lowest BCUT2D eigenvalue weighted by atomic mass is 10.1. The number of nitrogens with two attached hydrogens (primary N) is 1. The molecule has 6 aliphatic heterocycles. The standard InChI is InChI=1S/C26H29F2N7O2.C15H14ClF2N3O.C11H14N4O3.C11H16N4O.C6H12N2O.C5H3BrN2O2/c1-16(2)35-10-11-37-25-20(27)12-18(13-22(25)35)24-21(28)15-30-26(32-24)31-23-5-4-19(14-29-23)34-8-6-33(7-9-34)17(3)36;1-8(2)21-3-4-22-14-10(17)5-9(6-12(14)21)13-11(18)7-19-15(16)20-13;1-9(16)13-4-6-14(7-5-13)10-2-3-11(12-8-10)15(17)18;1-9(16)14-4-6-15(7-5-14)10-2-3-11(12)13-8-10;1-6(9)8-4-2-7-3-5-8;6-4-1-2-5(7-3-4)8(9)10/h4-5,12-16H,6-11H2,1-3H3,(H,29,30,31,32);5-8H,3-4H2,1-2H3;2-3,8H,4-7H2,1H3;2-3,8H,4-7H2,1H3,(H2,12,13);7H,2-5H2,1H3;1-3H. The summed E-state index contributed by atoms with van der Waals surface area (Å²) in [7, 11) is 0. The Morgan fingerprint density at radius 1 is 0.500 bits per heavy atom. The third kappa shape index (κ3) is 23.3. The second-order valence-corrected chi connectivity index (χ2v) is 27.8. The highest BCUT2D eigenvalue weighted by Gasteiger charge is 2.29. The number of nitrogen functional groups attached to an aromatic ring is 1. The molecule has 0 radical (unpaired) electrons. The van der Waals surface area contributed by atoms with Crippen molar-refractivity contribution >= 4 is 109 Å². The fraction of sp³-hybridized carbons (Fsp3) is 0.405. The van der Waals surface area contributed by atoms with E-state index >= 15 is 0 Å². The van der Waals surface area contributed by atoms with Gasteiger partial charge in [0.2, 0.25) is 34.9 Å². The zero-order valence-corrected chi connectivity index (χ0v) is 65.5. The highest BCUT2D eigenvalue weighted by Crippen LogP contribution is 2.41. The first kappa shape index (κ1) is 84.5. The molecule has 12 heterocycles. The van der Waals surface area contributed by atoms with Crippen molar-refractivity contribution in [1.82, 2.24) is 64.8 Å². The smallest absolute Gasteiger partial charge is 0.363 e. The average Bonchev–Trinajstić information content (AvgIpc) is 0.781. The molecule has 2 aromatic carbocycles. The fourth-order valence-corrected chi connectivity index (χ4v) is 12.8. The SMILES string of the molecule is CC(=O)N1CCN(c2ccc(N)nc2)CC1.CC(=O)N1CCN(c2ccc(Nc3ncc(F)c(-c4cc(F)c5c(c4)N(C(C)C)CCO5)n3)nc2)CC1.CC(=O)N1CCN(c2ccc([N+](=O)[O-])nc2)CC1.CC(=O)N1CCNCC1.CC(C)N1CCOc2c(F)cc(-c3nc(Cl)ncc3F)cc21.O=[N+]([O-])c1ccc(Br)cn1. The summed E-state index contributed by atoms with van der Waals surface area (Å²) in [4.78, 5) is 113. The van der Waals surface area contributed by atoms with Crippen molar-refractivity contribution < 1.29 is 56.1 Å². The van der Waals surface area contributed by atoms with E-state index in [1.165, 1.54) is 36.7 Å². The van der Waals surface area contributed by atoms with Gasteiger partial charge in [0.25, 0.3) is 0 Å². The van der Waals surface area contributed by atoms with Crippen LogP contribution < -0.4 is 50.3 Å². The maximum Gasteiger partial charge on any atom is 0.363 e. The maximum absolute atomic E-state index is 14.9. The van der Waals surface area contributed by atoms with Crippen molar-refractivity contribution in [2.24, 2.45) is 0 Å². The molecule has 6 aliphatic rings. The molecule has 112 heavy (non-hydrogen) atoms. The number of nitro groups is 2. The number of amides is 4. The van der Waals surface area contributed by atoms with Crippen LogP contribution in [0.3, 0.4) is 0 Å². The first-order valence-corrected chi connectivity index (χ1v) is 37.1. The second-order valence-electron chi connectivity index (χ2n) is 26.5. The number of rotatable bonds is 11. The van der Waals surface area contributed by atoms with E-state index in [9.17, 15) is 57.0 Å². The lowest BCUT2D eigenvalue weighted by molar-refractivity contribution is -0.389. The Morgan fingerprint density at radius 3 is 1.28 bits per heavy atom. The van der Waals surface area contributed by atoms with Gasteiger partial charge < -0.3 is 90.2 Å². The summed E-state index contributed by atoms with van der Waals surface area (Å²) < 4.78 is 69.7. The van der Waals surface area contributed by atoms with Crippen LogP contribution in [0.15, 0.2) is 114 Å². The lowest BCUT2D eigenvalue weighted by Gasteiger charge is -2.35. The Balaban J connectivity index is 0.000000165. The maximum atomic E-state index is 14.9. The van der Waals surface area contributed by atoms with E-state index < -0.39 is 33.1 Å². The molecule has 0 spiro atoms. The van der Waals surface area contributed by atoms with Gasteiger partial charge in [0.05, 0.1) is 70.8 Å². The van der Waals surface area contributed by atoms with Gasteiger partial charge in [-0.15, -0.1) is 0 Å². The van der Waals surface area contributed by atoms with Gasteiger partial charge >= 0.3 is 11.6 Å². The Bertz CT molecular complexity index is 4550. The largest absolute Gasteiger partial charge is 0.486 e. The third-order valence-electron chi connectivity index (χ3n) is 18.5. The summed E-state index contributed by atoms with van der Waals surface area (Å²) in [6.07, 6.45) is 8.42. The summed E-state index contributed by atoms with van der Waals surface area (Å²) in [5, 5.41) is 26.6. The number of anilines is 8. The van der Waals surface area contributed by atoms with Crippen molar-refractivity contribution in [1.29, 1.82) is 0 Å². The highest BCUT2D eigenvalue weighted by atomic mass is 79.9. The molecule has 4 N–H and O–H groups in total. The van der Waals surface area contributed by atoms with Gasteiger partial charge in [0.1, 0.15) is 36.2 Å². The normalized spacial score (nSPS) is 15.1. The van der Waals surface area contributed by atoms with Crippen LogP contribution in [0.2, 0.25) is 5.28 Å². The number of aromatic nitrogens is 8. The molecule has 4 fully saturated rings. The summed E-state index contributed by atoms with van der Waals surface area (Å²) in [6, 6.07) is 19.5. The van der Waals surface area contributed by atoms with Gasteiger partial charge in [0, 0.05) is 168 Å². The Labute approximate surface area is 657 Å². The van der Waals surface area contributed by atoms with Gasteiger partial charge in [-0.05, 0) is 136 Å². The molecule has 4 saturated heterocycles. The number of hydrogen-bond donors (Lipinski definition) is 3. The van der Waals surface area contributed by atoms with Gasteiger partial charge in [-0.3, -0.25) is 19.2 Å². The molecule has 0 unspecified atom stereocenters. The molecule has 38 heteroatoms. The summed E-state index contributed by atoms with van der Waals surface area (Å²) in [5.41, 5.74) is 10.1. The number of carbonyl (C=O) groups excluding carboxylic acids is 4. The molecular weight excluding hydrogens is 1550 g/mol. The first-order valence-electron chi connectivity index (χ1n) is 36.0. The van der Waals surface area contributed by atoms with Gasteiger partial charge in [0.15, 0.2) is 47.2 Å². The molecular formula is C74H88BrClF4N22O10. The van der Waals surface area contributed by atoms with E-state index in [0.717, 1.165) is 112 Å². The minimum Gasteiger partial charge on any atom is -0.486 e. The summed E-state index contributed by atoms with van der Waals surface area (Å²) in [5.74, 6) is -0.700. The molecule has 596 valence electrons. The number of hydrogen-bond acceptors (Lipinski definition) is 26. The van der Waals surface area contributed by atoms with Crippen LogP contribution in [0.25, 0.3) is 22.5 Å². The van der Waals surface area contributed by atoms with Crippen molar-refractivity contribution in [3.8, 4) is 34.0 Å². The van der Waals surface area contributed by atoms with E-state index in [-0.39, 0.29) is 81.5 Å². The Kier molecular flexibility index (Phi) is 30.2. The summed E-state index contributed by atoms with van der Waals surface area (Å²) >= 11 is 8.82. The number of halogens is 6. The molecule has 8 aromatic rings. The number of benzene rings is 2. The van der Waals surface area contributed by atoms with Crippen LogP contribution in [0, 0.1) is 43.5 Å². The Hall–Kier alpha value is -11.5. The number of nitrogens with zero attached hydrogens (tertiary/aromatic N) is 19. The van der Waals surface area contributed by atoms with Crippen LogP contribution in [-0.2, 0) is 19.2 Å². The molecule has 32 nitrogen and oxygen atoms in total. The second kappa shape index (κ2) is 39.9. The van der Waals surface area contributed by atoms with Gasteiger partial charge in [-0.1, -0.05) is 0 Å². The first-order chi connectivity index (χ1) is 53.5. The average molecular weight is 1640 g/mol. The number of pyridine rings is 4. The van der Waals surface area contributed by atoms with Crippen LogP contribution >= 0.6 is 27.5 Å². The summed E-state index contributed by atoms with van der Waals surface area (Å²) in [6.45, 7) is 28.9. The predicted molar refractivity (Wildman–Crippen MR) is 420 cm³/mol. The fourth-order valence-electron chi connectivity index (χ4n) is 12.4. The monoisotopic (exact) mass is 1630 g/mol. The topological polar surface area (TPSA) is 355 Å². The molecule has 0 bridgehead atoms. The van der Waals surface area contributed by atoms with Crippen molar-refractivity contribution in [3.05, 3.63) is 163 Å². The predicted octanol–water partition coefficient (Wildman–Crippen LogP) is 9.70. The van der Waals surface area contributed by atoms with E-state index in [2.05, 4.69) is 81.1 Å². The zero-order chi connectivity index (χ0) is 80.9. The number of carbonyl (C=O) groups is 4. The number of nitrogens with one attached hydrogen (secondary N) is 2. The minimum absolute atomic E-state index is 0.0200. The van der Waals surface area contributed by atoms with Crippen LogP contribution in [0.4, 0.5) is 75.2 Å². The van der Waals surface area contributed by atoms with Gasteiger partial charge in [-0.2, -0.15) is 0 Å². The molecule has 14 rings (SSSR count). The van der Waals surface area contributed by atoms with Crippen LogP contribution in [-0.4, -0.2) is 236 Å². The number of fused-ring (bicyclic) bond motifs is 2. The minimum atomic E-state index is -0.661. The van der Waals surface area contributed by atoms with Crippen LogP contribution in [0.5, 0.6) is 11.5 Å². The molecule has 0 atom stereocenters. The number of ether oxygens (including phenoxy) is 2. The quantitative estimate of drug-likeness (QED) is 0.0469. The van der Waals surface area contributed by atoms with Crippen molar-refractivity contribution in [2.75, 3.05) is 167 Å². The van der Waals surface area contributed by atoms with E-state index in [1.807, 2.05) is 64.3 Å². The number of piperazine rings is 4. The third-order valence-corrected chi connectivity index (χ3v) is 19.1. The van der Waals surface area contributed by atoms with E-state index in [1.54, 1.807) is 81.4 Å². The zero-order valence-electron chi connectivity index (χ0n) is 63.1. The van der Waals surface area contributed by atoms with Gasteiger partial charge in [-0.25, -0.2) is 47.5 Å².